The van der Waals surface area contributed by atoms with E-state index in [0.29, 0.717) is 0 Å². The Kier molecular flexibility index (Phi) is 5.98. The second-order valence-corrected chi connectivity index (χ2v) is 7.98. The highest BCUT2D eigenvalue weighted by atomic mass is 19.4. The summed E-state index contributed by atoms with van der Waals surface area (Å²) < 4.78 is 38.4. The Balaban J connectivity index is 2.96. The summed E-state index contributed by atoms with van der Waals surface area (Å²) in [4.78, 5) is 12.6. The molecule has 0 heterocycles. The van der Waals surface area contributed by atoms with Gasteiger partial charge in [0.25, 0.3) is 0 Å². The number of aliphatic hydroxyl groups excluding tert-OH is 1. The zero-order valence-electron chi connectivity index (χ0n) is 14.8. The molecule has 23 heavy (non-hydrogen) atoms. The number of rotatable bonds is 5. The zero-order valence-corrected chi connectivity index (χ0v) is 14.8. The van der Waals surface area contributed by atoms with Crippen molar-refractivity contribution >= 4 is 5.78 Å². The van der Waals surface area contributed by atoms with Gasteiger partial charge in [0.15, 0.2) is 5.78 Å². The van der Waals surface area contributed by atoms with Crippen LogP contribution in [0.4, 0.5) is 13.2 Å². The molecule has 1 rings (SSSR count). The predicted molar refractivity (Wildman–Crippen MR) is 85.1 cm³/mol. The van der Waals surface area contributed by atoms with E-state index >= 15 is 0 Å². The third-order valence-corrected chi connectivity index (χ3v) is 5.38. The summed E-state index contributed by atoms with van der Waals surface area (Å²) in [6, 6.07) is 0. The summed E-state index contributed by atoms with van der Waals surface area (Å²) in [5.74, 6) is -0.774. The number of Topliss-reactive ketones (excluding diaryl/α,β-unsaturated/α-hetero) is 1. The number of alkyl halides is 3. The van der Waals surface area contributed by atoms with E-state index in [4.69, 9.17) is 0 Å². The summed E-state index contributed by atoms with van der Waals surface area (Å²) in [7, 11) is 0. The maximum absolute atomic E-state index is 12.8. The Bertz CT molecular complexity index is 467. The highest BCUT2D eigenvalue weighted by molar-refractivity contribution is 5.97. The van der Waals surface area contributed by atoms with Crippen molar-refractivity contribution in [1.29, 1.82) is 0 Å². The SMILES string of the molecule is CCC(C)(CC(F)(F)F)C(O)=C(C)C(=O)C1CCC(C)(C)CC1. The van der Waals surface area contributed by atoms with Crippen LogP contribution in [0.2, 0.25) is 0 Å². The van der Waals surface area contributed by atoms with Gasteiger partial charge in [-0.2, -0.15) is 13.2 Å². The van der Waals surface area contributed by atoms with Crippen LogP contribution in [0.25, 0.3) is 0 Å². The lowest BCUT2D eigenvalue weighted by Crippen LogP contribution is -2.31. The third kappa shape index (κ3) is 5.25. The molecule has 0 aromatic heterocycles. The van der Waals surface area contributed by atoms with Gasteiger partial charge in [-0.25, -0.2) is 0 Å². The van der Waals surface area contributed by atoms with Crippen LogP contribution in [0.1, 0.15) is 73.1 Å². The third-order valence-electron chi connectivity index (χ3n) is 5.38. The minimum absolute atomic E-state index is 0.100. The van der Waals surface area contributed by atoms with Crippen molar-refractivity contribution < 1.29 is 23.1 Å². The molecule has 1 atom stereocenters. The largest absolute Gasteiger partial charge is 0.511 e. The Morgan fingerprint density at radius 1 is 1.22 bits per heavy atom. The first-order valence-corrected chi connectivity index (χ1v) is 8.32. The number of aliphatic hydroxyl groups is 1. The van der Waals surface area contributed by atoms with Gasteiger partial charge in [-0.3, -0.25) is 4.79 Å². The molecule has 1 unspecified atom stereocenters. The molecule has 0 saturated heterocycles. The van der Waals surface area contributed by atoms with E-state index in [2.05, 4.69) is 13.8 Å². The van der Waals surface area contributed by atoms with Gasteiger partial charge in [0.2, 0.25) is 0 Å². The fourth-order valence-corrected chi connectivity index (χ4v) is 3.36. The highest BCUT2D eigenvalue weighted by Crippen LogP contribution is 2.43. The lowest BCUT2D eigenvalue weighted by molar-refractivity contribution is -0.156. The van der Waals surface area contributed by atoms with Gasteiger partial charge in [0.1, 0.15) is 5.76 Å². The molecular weight excluding hydrogens is 305 g/mol. The van der Waals surface area contributed by atoms with Crippen LogP contribution in [-0.2, 0) is 4.79 Å². The summed E-state index contributed by atoms with van der Waals surface area (Å²) >= 11 is 0. The fraction of sp³-hybridized carbons (Fsp3) is 0.833. The first-order valence-electron chi connectivity index (χ1n) is 8.32. The average molecular weight is 334 g/mol. The summed E-state index contributed by atoms with van der Waals surface area (Å²) in [5.41, 5.74) is -1.13. The van der Waals surface area contributed by atoms with Crippen LogP contribution < -0.4 is 0 Å². The highest BCUT2D eigenvalue weighted by Gasteiger charge is 2.42. The summed E-state index contributed by atoms with van der Waals surface area (Å²) in [5, 5.41) is 10.4. The fourth-order valence-electron chi connectivity index (χ4n) is 3.36. The van der Waals surface area contributed by atoms with Crippen LogP contribution in [0, 0.1) is 16.7 Å². The van der Waals surface area contributed by atoms with E-state index in [0.717, 1.165) is 25.7 Å². The van der Waals surface area contributed by atoms with Crippen molar-refractivity contribution in [3.05, 3.63) is 11.3 Å². The van der Waals surface area contributed by atoms with Crippen molar-refractivity contribution in [2.45, 2.75) is 79.3 Å². The standard InChI is InChI=1S/C18H29F3O2/c1-6-17(5,11-18(19,20)21)15(23)12(2)14(22)13-7-9-16(3,4)10-8-13/h13,23H,6-11H2,1-5H3. The van der Waals surface area contributed by atoms with E-state index in [1.165, 1.54) is 13.8 Å². The van der Waals surface area contributed by atoms with Gasteiger partial charge in [-0.05, 0) is 44.4 Å². The first-order chi connectivity index (χ1) is 10.3. The lowest BCUT2D eigenvalue weighted by atomic mass is 9.70. The minimum atomic E-state index is -4.38. The number of halogens is 3. The van der Waals surface area contributed by atoms with Crippen molar-refractivity contribution in [2.75, 3.05) is 0 Å². The van der Waals surface area contributed by atoms with Gasteiger partial charge < -0.3 is 5.11 Å². The van der Waals surface area contributed by atoms with Crippen LogP contribution in [0.3, 0.4) is 0 Å². The van der Waals surface area contributed by atoms with Gasteiger partial charge >= 0.3 is 6.18 Å². The Morgan fingerprint density at radius 2 is 1.70 bits per heavy atom. The molecule has 0 spiro atoms. The molecule has 0 aromatic carbocycles. The smallest absolute Gasteiger partial charge is 0.390 e. The second kappa shape index (κ2) is 6.86. The molecule has 0 aromatic rings. The number of carbonyl (C=O) groups is 1. The van der Waals surface area contributed by atoms with Gasteiger partial charge in [0.05, 0.1) is 6.42 Å². The maximum atomic E-state index is 12.8. The topological polar surface area (TPSA) is 37.3 Å². The van der Waals surface area contributed by atoms with Gasteiger partial charge in [0, 0.05) is 16.9 Å². The predicted octanol–water partition coefficient (Wildman–Crippen LogP) is 5.97. The van der Waals surface area contributed by atoms with Crippen molar-refractivity contribution in [3.8, 4) is 0 Å². The van der Waals surface area contributed by atoms with E-state index in [9.17, 15) is 23.1 Å². The number of carbonyl (C=O) groups excluding carboxylic acids is 1. The monoisotopic (exact) mass is 334 g/mol. The normalized spacial score (nSPS) is 23.1. The molecule has 134 valence electrons. The van der Waals surface area contributed by atoms with E-state index in [1.54, 1.807) is 6.92 Å². The van der Waals surface area contributed by atoms with Crippen LogP contribution >= 0.6 is 0 Å². The van der Waals surface area contributed by atoms with Crippen molar-refractivity contribution in [3.63, 3.8) is 0 Å². The van der Waals surface area contributed by atoms with E-state index < -0.39 is 23.8 Å². The Morgan fingerprint density at radius 3 is 2.09 bits per heavy atom. The van der Waals surface area contributed by atoms with Crippen molar-refractivity contribution in [2.24, 2.45) is 16.7 Å². The molecule has 1 fully saturated rings. The quantitative estimate of drug-likeness (QED) is 0.496. The Labute approximate surface area is 137 Å². The maximum Gasteiger partial charge on any atom is 0.390 e. The molecule has 1 aliphatic rings. The molecule has 1 saturated carbocycles. The molecule has 0 radical (unpaired) electrons. The molecule has 2 nitrogen and oxygen atoms in total. The van der Waals surface area contributed by atoms with Crippen LogP contribution in [0.15, 0.2) is 11.3 Å². The molecule has 1 N–H and O–H groups in total. The van der Waals surface area contributed by atoms with Gasteiger partial charge in [-0.15, -0.1) is 0 Å². The molecule has 1 aliphatic carbocycles. The Hall–Kier alpha value is -1.00. The minimum Gasteiger partial charge on any atom is -0.511 e. The molecular formula is C18H29F3O2. The first kappa shape index (κ1) is 20.0. The van der Waals surface area contributed by atoms with E-state index in [1.807, 2.05) is 0 Å². The molecule has 0 amide bonds. The average Bonchev–Trinajstić information content (AvgIpc) is 2.43. The van der Waals surface area contributed by atoms with Gasteiger partial charge in [-0.1, -0.05) is 27.7 Å². The van der Waals surface area contributed by atoms with Crippen LogP contribution in [0.5, 0.6) is 0 Å². The molecule has 0 aliphatic heterocycles. The second-order valence-electron chi connectivity index (χ2n) is 7.98. The number of ketones is 1. The number of hydrogen-bond acceptors (Lipinski definition) is 2. The van der Waals surface area contributed by atoms with Crippen molar-refractivity contribution in [1.82, 2.24) is 0 Å². The van der Waals surface area contributed by atoms with Crippen LogP contribution in [-0.4, -0.2) is 17.1 Å². The molecule has 0 bridgehead atoms. The number of allylic oxidation sites excluding steroid dienone is 2. The van der Waals surface area contributed by atoms with E-state index in [-0.39, 0.29) is 29.1 Å². The zero-order chi connectivity index (χ0) is 18.1. The number of hydrogen-bond donors (Lipinski definition) is 1. The molecule has 5 heteroatoms. The summed E-state index contributed by atoms with van der Waals surface area (Å²) in [6.45, 7) is 8.75. The summed E-state index contributed by atoms with van der Waals surface area (Å²) in [6.07, 6.45) is -2.06. The lowest BCUT2D eigenvalue weighted by Gasteiger charge is -2.34.